The average Bonchev–Trinajstić information content (AvgIpc) is 2.73. The Kier molecular flexibility index (Phi) is 6.87. The van der Waals surface area contributed by atoms with Gasteiger partial charge in [-0.3, -0.25) is 4.90 Å². The van der Waals surface area contributed by atoms with Crippen molar-refractivity contribution < 1.29 is 13.9 Å². The highest BCUT2D eigenvalue weighted by Gasteiger charge is 2.26. The number of nitrogens with zero attached hydrogens (tertiary/aromatic N) is 2. The lowest BCUT2D eigenvalue weighted by Gasteiger charge is -2.39. The number of ether oxygens (including phenoxy) is 1. The van der Waals surface area contributed by atoms with Crippen molar-refractivity contribution in [1.82, 2.24) is 9.80 Å². The highest BCUT2D eigenvalue weighted by molar-refractivity contribution is 5.89. The Morgan fingerprint density at radius 3 is 2.29 bits per heavy atom. The Bertz CT molecular complexity index is 756. The molecule has 0 spiro atoms. The number of hydrogen-bond donors (Lipinski definition) is 1. The van der Waals surface area contributed by atoms with Gasteiger partial charge < -0.3 is 15.0 Å². The van der Waals surface area contributed by atoms with Gasteiger partial charge in [-0.05, 0) is 48.4 Å². The molecular formula is C22H28FN3O2. The quantitative estimate of drug-likeness (QED) is 0.795. The number of halogens is 1. The molecule has 0 bridgehead atoms. The van der Waals surface area contributed by atoms with Crippen LogP contribution < -0.4 is 10.1 Å². The van der Waals surface area contributed by atoms with Gasteiger partial charge in [0.1, 0.15) is 11.6 Å². The topological polar surface area (TPSA) is 44.8 Å². The summed E-state index contributed by atoms with van der Waals surface area (Å²) in [5.74, 6) is 0.549. The third kappa shape index (κ3) is 5.01. The maximum Gasteiger partial charge on any atom is 0.321 e. The van der Waals surface area contributed by atoms with E-state index in [2.05, 4.69) is 17.1 Å². The highest BCUT2D eigenvalue weighted by Crippen LogP contribution is 2.27. The molecule has 28 heavy (non-hydrogen) atoms. The molecule has 2 aromatic carbocycles. The van der Waals surface area contributed by atoms with Gasteiger partial charge in [0.2, 0.25) is 0 Å². The van der Waals surface area contributed by atoms with Gasteiger partial charge in [-0.1, -0.05) is 25.5 Å². The van der Waals surface area contributed by atoms with E-state index in [1.54, 1.807) is 7.11 Å². The van der Waals surface area contributed by atoms with E-state index in [4.69, 9.17) is 4.74 Å². The lowest BCUT2D eigenvalue weighted by Crippen LogP contribution is -2.50. The van der Waals surface area contributed by atoms with Crippen molar-refractivity contribution in [2.24, 2.45) is 0 Å². The van der Waals surface area contributed by atoms with Crippen molar-refractivity contribution in [2.75, 3.05) is 38.6 Å². The highest BCUT2D eigenvalue weighted by atomic mass is 19.1. The van der Waals surface area contributed by atoms with E-state index in [0.29, 0.717) is 13.1 Å². The van der Waals surface area contributed by atoms with Crippen LogP contribution in [0, 0.1) is 5.82 Å². The summed E-state index contributed by atoms with van der Waals surface area (Å²) < 4.78 is 18.4. The van der Waals surface area contributed by atoms with Gasteiger partial charge >= 0.3 is 6.03 Å². The Hall–Kier alpha value is -2.60. The number of anilines is 1. The van der Waals surface area contributed by atoms with E-state index in [-0.39, 0.29) is 17.9 Å². The summed E-state index contributed by atoms with van der Waals surface area (Å²) in [6.45, 7) is 5.11. The number of benzene rings is 2. The fraction of sp³-hybridized carbons (Fsp3) is 0.409. The van der Waals surface area contributed by atoms with Crippen LogP contribution in [-0.2, 0) is 0 Å². The number of rotatable bonds is 6. The van der Waals surface area contributed by atoms with Crippen LogP contribution in [0.15, 0.2) is 48.5 Å². The molecule has 1 heterocycles. The van der Waals surface area contributed by atoms with Crippen LogP contribution in [0.3, 0.4) is 0 Å². The van der Waals surface area contributed by atoms with Crippen LogP contribution in [0.1, 0.15) is 31.4 Å². The summed E-state index contributed by atoms with van der Waals surface area (Å²) >= 11 is 0. The van der Waals surface area contributed by atoms with Crippen LogP contribution in [-0.4, -0.2) is 49.1 Å². The van der Waals surface area contributed by atoms with E-state index in [0.717, 1.165) is 42.9 Å². The Labute approximate surface area is 166 Å². The fourth-order valence-electron chi connectivity index (χ4n) is 3.63. The number of amides is 2. The Balaban J connectivity index is 1.57. The monoisotopic (exact) mass is 385 g/mol. The van der Waals surface area contributed by atoms with Crippen molar-refractivity contribution in [3.8, 4) is 5.75 Å². The van der Waals surface area contributed by atoms with E-state index in [9.17, 15) is 9.18 Å². The average molecular weight is 385 g/mol. The third-order valence-corrected chi connectivity index (χ3v) is 5.20. The first kappa shape index (κ1) is 20.1. The number of carbonyl (C=O) groups excluding carboxylic acids is 1. The SMILES string of the molecule is CCCC(c1ccc(F)cc1)N1CCN(C(=O)Nc2ccc(OC)cc2)CC1. The van der Waals surface area contributed by atoms with Crippen molar-refractivity contribution in [1.29, 1.82) is 0 Å². The number of nitrogens with one attached hydrogen (secondary N) is 1. The molecule has 1 aliphatic heterocycles. The lowest BCUT2D eigenvalue weighted by molar-refractivity contribution is 0.108. The van der Waals surface area contributed by atoms with E-state index >= 15 is 0 Å². The van der Waals surface area contributed by atoms with Crippen LogP contribution in [0.4, 0.5) is 14.9 Å². The standard InChI is InChI=1S/C22H28FN3O2/c1-3-4-21(17-5-7-18(23)8-6-17)25-13-15-26(16-14-25)22(27)24-19-9-11-20(28-2)12-10-19/h5-12,21H,3-4,13-16H2,1-2H3,(H,24,27). The zero-order chi connectivity index (χ0) is 19.9. The number of hydrogen-bond acceptors (Lipinski definition) is 3. The summed E-state index contributed by atoms with van der Waals surface area (Å²) in [7, 11) is 1.62. The molecule has 3 rings (SSSR count). The first-order chi connectivity index (χ1) is 13.6. The molecular weight excluding hydrogens is 357 g/mol. The summed E-state index contributed by atoms with van der Waals surface area (Å²) in [6, 6.07) is 14.3. The van der Waals surface area contributed by atoms with Crippen molar-refractivity contribution >= 4 is 11.7 Å². The van der Waals surface area contributed by atoms with Crippen LogP contribution in [0.5, 0.6) is 5.75 Å². The molecule has 0 saturated carbocycles. The molecule has 5 nitrogen and oxygen atoms in total. The molecule has 0 aromatic heterocycles. The molecule has 1 N–H and O–H groups in total. The van der Waals surface area contributed by atoms with Crippen LogP contribution in [0.25, 0.3) is 0 Å². The molecule has 1 unspecified atom stereocenters. The maximum atomic E-state index is 13.3. The minimum atomic E-state index is -0.209. The molecule has 150 valence electrons. The minimum absolute atomic E-state index is 0.0846. The van der Waals surface area contributed by atoms with Crippen molar-refractivity contribution in [3.05, 3.63) is 59.9 Å². The van der Waals surface area contributed by atoms with Gasteiger partial charge in [-0.2, -0.15) is 0 Å². The summed E-state index contributed by atoms with van der Waals surface area (Å²) in [5, 5.41) is 2.94. The molecule has 6 heteroatoms. The van der Waals surface area contributed by atoms with E-state index in [1.165, 1.54) is 12.1 Å². The van der Waals surface area contributed by atoms with Gasteiger partial charge in [0, 0.05) is 37.9 Å². The van der Waals surface area contributed by atoms with Crippen molar-refractivity contribution in [2.45, 2.75) is 25.8 Å². The zero-order valence-electron chi connectivity index (χ0n) is 16.5. The number of methoxy groups -OCH3 is 1. The predicted molar refractivity (Wildman–Crippen MR) is 109 cm³/mol. The Morgan fingerprint density at radius 2 is 1.71 bits per heavy atom. The number of piperazine rings is 1. The van der Waals surface area contributed by atoms with Gasteiger partial charge in [-0.25, -0.2) is 9.18 Å². The van der Waals surface area contributed by atoms with Crippen LogP contribution >= 0.6 is 0 Å². The molecule has 1 saturated heterocycles. The number of urea groups is 1. The molecule has 2 aromatic rings. The molecule has 1 atom stereocenters. The van der Waals surface area contributed by atoms with Gasteiger partial charge in [0.05, 0.1) is 7.11 Å². The first-order valence-electron chi connectivity index (χ1n) is 9.80. The molecule has 0 radical (unpaired) electrons. The molecule has 0 aliphatic carbocycles. The molecule has 1 aliphatic rings. The zero-order valence-corrected chi connectivity index (χ0v) is 16.5. The predicted octanol–water partition coefficient (Wildman–Crippen LogP) is 4.53. The Morgan fingerprint density at radius 1 is 1.07 bits per heavy atom. The second-order valence-electron chi connectivity index (χ2n) is 7.04. The van der Waals surface area contributed by atoms with Gasteiger partial charge in [0.25, 0.3) is 0 Å². The summed E-state index contributed by atoms with van der Waals surface area (Å²) in [4.78, 5) is 16.8. The smallest absolute Gasteiger partial charge is 0.321 e. The largest absolute Gasteiger partial charge is 0.497 e. The summed E-state index contributed by atoms with van der Waals surface area (Å²) in [5.41, 5.74) is 1.89. The molecule has 1 fully saturated rings. The third-order valence-electron chi connectivity index (χ3n) is 5.20. The number of carbonyl (C=O) groups is 1. The first-order valence-corrected chi connectivity index (χ1v) is 9.80. The second kappa shape index (κ2) is 9.55. The normalized spacial score (nSPS) is 15.9. The van der Waals surface area contributed by atoms with Crippen LogP contribution in [0.2, 0.25) is 0 Å². The van der Waals surface area contributed by atoms with Gasteiger partial charge in [-0.15, -0.1) is 0 Å². The molecule has 2 amide bonds. The maximum absolute atomic E-state index is 13.3. The van der Waals surface area contributed by atoms with E-state index < -0.39 is 0 Å². The van der Waals surface area contributed by atoms with Gasteiger partial charge in [0.15, 0.2) is 0 Å². The van der Waals surface area contributed by atoms with Crippen molar-refractivity contribution in [3.63, 3.8) is 0 Å². The summed E-state index contributed by atoms with van der Waals surface area (Å²) in [6.07, 6.45) is 2.07. The van der Waals surface area contributed by atoms with E-state index in [1.807, 2.05) is 41.3 Å². The minimum Gasteiger partial charge on any atom is -0.497 e. The fourth-order valence-corrected chi connectivity index (χ4v) is 3.63. The lowest BCUT2D eigenvalue weighted by atomic mass is 10.00. The second-order valence-corrected chi connectivity index (χ2v) is 7.04.